The predicted octanol–water partition coefficient (Wildman–Crippen LogP) is 2.40. The number of hydrogen-bond donors (Lipinski definition) is 1. The number of nitrogens with zero attached hydrogens (tertiary/aromatic N) is 3. The molecule has 0 amide bonds. The average molecular weight is 372 g/mol. The van der Waals surface area contributed by atoms with Crippen molar-refractivity contribution < 1.29 is 13.3 Å². The summed E-state index contributed by atoms with van der Waals surface area (Å²) in [4.78, 5) is 14.4. The summed E-state index contributed by atoms with van der Waals surface area (Å²) in [5.74, 6) is 0.529. The number of sulfonamides is 1. The third-order valence-corrected chi connectivity index (χ3v) is 5.32. The minimum atomic E-state index is -3.92. The lowest BCUT2D eigenvalue weighted by molar-refractivity contribution is -0.384. The molecule has 1 N–H and O–H groups in total. The lowest BCUT2D eigenvalue weighted by Crippen LogP contribution is -2.31. The molecule has 3 rings (SSSR count). The molecule has 0 aliphatic heterocycles. The van der Waals surface area contributed by atoms with Gasteiger partial charge in [0, 0.05) is 31.6 Å². The van der Waals surface area contributed by atoms with Crippen LogP contribution in [0.4, 0.5) is 5.69 Å². The maximum Gasteiger partial charge on any atom is 0.269 e. The van der Waals surface area contributed by atoms with Gasteiger partial charge in [-0.3, -0.25) is 10.1 Å². The summed E-state index contributed by atoms with van der Waals surface area (Å²) >= 11 is 0. The first-order valence-electron chi connectivity index (χ1n) is 7.67. The van der Waals surface area contributed by atoms with Gasteiger partial charge in [0.1, 0.15) is 11.9 Å². The Morgan fingerprint density at radius 2 is 1.77 bits per heavy atom. The van der Waals surface area contributed by atoms with Crippen molar-refractivity contribution in [3.05, 3.63) is 88.5 Å². The van der Waals surface area contributed by atoms with Crippen molar-refractivity contribution in [1.82, 2.24) is 14.3 Å². The molecule has 1 heterocycles. The Kier molecular flexibility index (Phi) is 4.83. The highest BCUT2D eigenvalue weighted by atomic mass is 32.2. The molecule has 0 saturated carbocycles. The van der Waals surface area contributed by atoms with Crippen molar-refractivity contribution in [3.8, 4) is 0 Å². The second kappa shape index (κ2) is 7.06. The number of rotatable bonds is 6. The number of hydrogen-bond acceptors (Lipinski definition) is 5. The van der Waals surface area contributed by atoms with Crippen LogP contribution in [0, 0.1) is 10.1 Å². The molecule has 134 valence electrons. The molecule has 3 aromatic rings. The molecule has 0 radical (unpaired) electrons. The van der Waals surface area contributed by atoms with Crippen LogP contribution in [-0.2, 0) is 17.1 Å². The topological polar surface area (TPSA) is 107 Å². The van der Waals surface area contributed by atoms with E-state index >= 15 is 0 Å². The van der Waals surface area contributed by atoms with Crippen LogP contribution in [-0.4, -0.2) is 22.9 Å². The Bertz CT molecular complexity index is 1010. The molecule has 0 spiro atoms. The monoisotopic (exact) mass is 372 g/mol. The first-order valence-corrected chi connectivity index (χ1v) is 9.16. The van der Waals surface area contributed by atoms with E-state index in [2.05, 4.69) is 9.71 Å². The minimum absolute atomic E-state index is 0.0572. The Labute approximate surface area is 150 Å². The summed E-state index contributed by atoms with van der Waals surface area (Å²) in [5.41, 5.74) is 0.556. The highest BCUT2D eigenvalue weighted by Crippen LogP contribution is 2.24. The fourth-order valence-electron chi connectivity index (χ4n) is 2.54. The molecule has 1 atom stereocenters. The number of benzene rings is 2. The number of non-ortho nitro benzene ring substituents is 1. The number of nitrogens with one attached hydrogen (secondary N) is 1. The van der Waals surface area contributed by atoms with E-state index in [0.717, 1.165) is 17.7 Å². The van der Waals surface area contributed by atoms with Gasteiger partial charge in [0.25, 0.3) is 5.69 Å². The van der Waals surface area contributed by atoms with E-state index < -0.39 is 21.0 Å². The zero-order chi connectivity index (χ0) is 18.7. The Morgan fingerprint density at radius 1 is 1.12 bits per heavy atom. The van der Waals surface area contributed by atoms with Crippen LogP contribution in [0.1, 0.15) is 17.4 Å². The van der Waals surface area contributed by atoms with Gasteiger partial charge in [-0.1, -0.05) is 30.3 Å². The predicted molar refractivity (Wildman–Crippen MR) is 94.9 cm³/mol. The Morgan fingerprint density at radius 3 is 2.31 bits per heavy atom. The highest BCUT2D eigenvalue weighted by molar-refractivity contribution is 7.89. The maximum absolute atomic E-state index is 12.8. The Hall–Kier alpha value is -3.04. The van der Waals surface area contributed by atoms with E-state index in [9.17, 15) is 18.5 Å². The first-order chi connectivity index (χ1) is 12.4. The van der Waals surface area contributed by atoms with E-state index in [-0.39, 0.29) is 10.6 Å². The molecule has 0 aliphatic rings. The van der Waals surface area contributed by atoms with Gasteiger partial charge >= 0.3 is 0 Å². The molecule has 0 bridgehead atoms. The van der Waals surface area contributed by atoms with Crippen LogP contribution in [0.25, 0.3) is 0 Å². The van der Waals surface area contributed by atoms with E-state index in [1.165, 1.54) is 12.1 Å². The number of aryl methyl sites for hydroxylation is 1. The van der Waals surface area contributed by atoms with Crippen LogP contribution >= 0.6 is 0 Å². The zero-order valence-corrected chi connectivity index (χ0v) is 14.6. The van der Waals surface area contributed by atoms with Crippen LogP contribution in [0.15, 0.2) is 71.9 Å². The van der Waals surface area contributed by atoms with Gasteiger partial charge in [-0.2, -0.15) is 4.72 Å². The molecule has 0 aliphatic carbocycles. The molecule has 1 unspecified atom stereocenters. The van der Waals surface area contributed by atoms with Crippen molar-refractivity contribution in [2.24, 2.45) is 7.05 Å². The number of imidazole rings is 1. The summed E-state index contributed by atoms with van der Waals surface area (Å²) in [7, 11) is -2.14. The average Bonchev–Trinajstić information content (AvgIpc) is 3.06. The SMILES string of the molecule is Cn1ccnc1C(NS(=O)(=O)c1ccc([N+](=O)[O-])cc1)c1ccccc1. The third kappa shape index (κ3) is 3.63. The number of aromatic nitrogens is 2. The van der Waals surface area contributed by atoms with Crippen molar-refractivity contribution in [2.75, 3.05) is 0 Å². The lowest BCUT2D eigenvalue weighted by Gasteiger charge is -2.19. The van der Waals surface area contributed by atoms with Gasteiger partial charge in [0.15, 0.2) is 0 Å². The van der Waals surface area contributed by atoms with E-state index in [1.807, 2.05) is 18.2 Å². The Balaban J connectivity index is 1.98. The fraction of sp³-hybridized carbons (Fsp3) is 0.118. The molecule has 26 heavy (non-hydrogen) atoms. The van der Waals surface area contributed by atoms with Gasteiger partial charge in [-0.15, -0.1) is 0 Å². The van der Waals surface area contributed by atoms with Crippen LogP contribution in [0.3, 0.4) is 0 Å². The largest absolute Gasteiger partial charge is 0.336 e. The van der Waals surface area contributed by atoms with E-state index in [4.69, 9.17) is 0 Å². The summed E-state index contributed by atoms with van der Waals surface area (Å²) in [6, 6.07) is 13.1. The summed E-state index contributed by atoms with van der Waals surface area (Å²) < 4.78 is 29.9. The van der Waals surface area contributed by atoms with Crippen LogP contribution in [0.5, 0.6) is 0 Å². The summed E-state index contributed by atoms with van der Waals surface area (Å²) in [6.07, 6.45) is 3.32. The highest BCUT2D eigenvalue weighted by Gasteiger charge is 2.26. The van der Waals surface area contributed by atoms with Crippen LogP contribution in [0.2, 0.25) is 0 Å². The smallest absolute Gasteiger partial charge is 0.269 e. The third-order valence-electron chi connectivity index (χ3n) is 3.88. The summed E-state index contributed by atoms with van der Waals surface area (Å²) in [6.45, 7) is 0. The first kappa shape index (κ1) is 17.8. The molecule has 0 saturated heterocycles. The quantitative estimate of drug-likeness (QED) is 0.528. The van der Waals surface area contributed by atoms with Gasteiger partial charge in [0.2, 0.25) is 10.0 Å². The van der Waals surface area contributed by atoms with Gasteiger partial charge < -0.3 is 4.57 Å². The summed E-state index contributed by atoms with van der Waals surface area (Å²) in [5, 5.41) is 10.7. The second-order valence-electron chi connectivity index (χ2n) is 5.61. The van der Waals surface area contributed by atoms with Gasteiger partial charge in [-0.05, 0) is 17.7 Å². The van der Waals surface area contributed by atoms with Crippen LogP contribution < -0.4 is 4.72 Å². The number of nitro benzene ring substituents is 1. The molecule has 2 aromatic carbocycles. The molecular formula is C17H16N4O4S. The van der Waals surface area contributed by atoms with Crippen molar-refractivity contribution in [2.45, 2.75) is 10.9 Å². The molecule has 0 fully saturated rings. The van der Waals surface area contributed by atoms with Crippen molar-refractivity contribution in [1.29, 1.82) is 0 Å². The van der Waals surface area contributed by atoms with E-state index in [1.54, 1.807) is 36.1 Å². The molecule has 9 heteroatoms. The zero-order valence-electron chi connectivity index (χ0n) is 13.8. The lowest BCUT2D eigenvalue weighted by atomic mass is 10.1. The normalized spacial score (nSPS) is 12.7. The fourth-order valence-corrected chi connectivity index (χ4v) is 3.72. The standard InChI is InChI=1S/C17H16N4O4S/c1-20-12-11-18-17(20)16(13-5-3-2-4-6-13)19-26(24,25)15-9-7-14(8-10-15)21(22)23/h2-12,16,19H,1H3. The molecule has 8 nitrogen and oxygen atoms in total. The number of nitro groups is 1. The van der Waals surface area contributed by atoms with Gasteiger partial charge in [-0.25, -0.2) is 13.4 Å². The molecular weight excluding hydrogens is 356 g/mol. The van der Waals surface area contributed by atoms with Gasteiger partial charge in [0.05, 0.1) is 9.82 Å². The van der Waals surface area contributed by atoms with Crippen molar-refractivity contribution >= 4 is 15.7 Å². The van der Waals surface area contributed by atoms with Crippen molar-refractivity contribution in [3.63, 3.8) is 0 Å². The molecule has 1 aromatic heterocycles. The second-order valence-corrected chi connectivity index (χ2v) is 7.33. The minimum Gasteiger partial charge on any atom is -0.336 e. The van der Waals surface area contributed by atoms with E-state index in [0.29, 0.717) is 5.82 Å². The maximum atomic E-state index is 12.8.